The summed E-state index contributed by atoms with van der Waals surface area (Å²) < 4.78 is 23.2. The molecule has 0 heterocycles. The highest BCUT2D eigenvalue weighted by Gasteiger charge is 2.25. The maximum absolute atomic E-state index is 12.0. The summed E-state index contributed by atoms with van der Waals surface area (Å²) in [4.78, 5) is 0. The number of hydrogen-bond acceptors (Lipinski definition) is 4. The first kappa shape index (κ1) is 15.5. The Morgan fingerprint density at radius 2 is 1.60 bits per heavy atom. The molecular formula is C9H23NO3PS+. The molecule has 0 atom stereocenters. The zero-order valence-electron chi connectivity index (χ0n) is 10.4. The molecule has 0 aliphatic carbocycles. The molecule has 0 aliphatic heterocycles. The van der Waals surface area contributed by atoms with Gasteiger partial charge in [0.15, 0.2) is 0 Å². The normalized spacial score (nSPS) is 13.1. The Balaban J connectivity index is 4.02. The average Bonchev–Trinajstić information content (AvgIpc) is 2.01. The molecule has 15 heavy (non-hydrogen) atoms. The molecule has 0 bridgehead atoms. The highest BCUT2D eigenvalue weighted by molar-refractivity contribution is 8.55. The third kappa shape index (κ3) is 8.29. The van der Waals surface area contributed by atoms with Crippen LogP contribution in [0.4, 0.5) is 0 Å². The molecule has 0 aromatic rings. The van der Waals surface area contributed by atoms with Gasteiger partial charge in [-0.2, -0.15) is 0 Å². The molecule has 4 nitrogen and oxygen atoms in total. The Morgan fingerprint density at radius 1 is 1.13 bits per heavy atom. The first-order chi connectivity index (χ1) is 6.83. The fraction of sp³-hybridized carbons (Fsp3) is 1.00. The molecule has 92 valence electrons. The molecule has 0 aromatic heterocycles. The van der Waals surface area contributed by atoms with Crippen LogP contribution in [0.3, 0.4) is 0 Å². The van der Waals surface area contributed by atoms with Crippen molar-refractivity contribution in [3.05, 3.63) is 0 Å². The second-order valence-corrected chi connectivity index (χ2v) is 8.32. The van der Waals surface area contributed by atoms with Gasteiger partial charge in [-0.05, 0) is 25.2 Å². The van der Waals surface area contributed by atoms with E-state index in [0.717, 1.165) is 16.8 Å². The smallest absolute Gasteiger partial charge is 0.330 e. The third-order valence-electron chi connectivity index (χ3n) is 1.59. The van der Waals surface area contributed by atoms with E-state index in [9.17, 15) is 4.57 Å². The second-order valence-electron chi connectivity index (χ2n) is 4.13. The minimum absolute atomic E-state index is 0.425. The maximum atomic E-state index is 12.0. The fourth-order valence-corrected chi connectivity index (χ4v) is 4.56. The van der Waals surface area contributed by atoms with Crippen molar-refractivity contribution < 1.29 is 18.1 Å². The van der Waals surface area contributed by atoms with Crippen LogP contribution >= 0.6 is 18.2 Å². The van der Waals surface area contributed by atoms with Crippen molar-refractivity contribution in [2.45, 2.75) is 13.8 Å². The number of nitrogens with zero attached hydrogens (tertiary/aromatic N) is 1. The maximum Gasteiger partial charge on any atom is 0.389 e. The van der Waals surface area contributed by atoms with Gasteiger partial charge in [-0.25, -0.2) is 4.57 Å². The second kappa shape index (κ2) is 6.92. The summed E-state index contributed by atoms with van der Waals surface area (Å²) in [6.07, 6.45) is 0. The van der Waals surface area contributed by atoms with Gasteiger partial charge in [-0.15, -0.1) is 0 Å². The number of rotatable bonds is 8. The van der Waals surface area contributed by atoms with Crippen LogP contribution in [0.2, 0.25) is 0 Å². The van der Waals surface area contributed by atoms with Crippen LogP contribution < -0.4 is 0 Å². The van der Waals surface area contributed by atoms with E-state index in [1.165, 1.54) is 11.4 Å². The lowest BCUT2D eigenvalue weighted by Crippen LogP contribution is -2.36. The Morgan fingerprint density at radius 3 is 1.93 bits per heavy atom. The zero-order valence-corrected chi connectivity index (χ0v) is 12.1. The standard InChI is InChI=1S/C9H23NO3PS/c1-6-12-14(11,13-7-2)15-9-8-10(3,4)5/h6-9H2,1-5H3/q+1. The Labute approximate surface area is 97.2 Å². The molecule has 0 aliphatic rings. The lowest BCUT2D eigenvalue weighted by atomic mass is 10.6. The van der Waals surface area contributed by atoms with Crippen molar-refractivity contribution in [1.29, 1.82) is 0 Å². The fourth-order valence-electron chi connectivity index (χ4n) is 0.855. The van der Waals surface area contributed by atoms with E-state index in [1.54, 1.807) is 0 Å². The van der Waals surface area contributed by atoms with E-state index in [0.29, 0.717) is 13.2 Å². The van der Waals surface area contributed by atoms with Crippen molar-refractivity contribution in [3.8, 4) is 0 Å². The molecular weight excluding hydrogens is 233 g/mol. The summed E-state index contributed by atoms with van der Waals surface area (Å²) in [6.45, 7) is 2.54. The Bertz CT molecular complexity index is 208. The van der Waals surface area contributed by atoms with E-state index in [-0.39, 0.29) is 0 Å². The van der Waals surface area contributed by atoms with E-state index in [1.807, 2.05) is 13.8 Å². The lowest BCUT2D eigenvalue weighted by molar-refractivity contribution is -0.867. The largest absolute Gasteiger partial charge is 0.389 e. The van der Waals surface area contributed by atoms with Crippen molar-refractivity contribution >= 4 is 18.2 Å². The van der Waals surface area contributed by atoms with Gasteiger partial charge in [-0.3, -0.25) is 0 Å². The van der Waals surface area contributed by atoms with Crippen LogP contribution in [0.25, 0.3) is 0 Å². The van der Waals surface area contributed by atoms with Crippen LogP contribution in [0.1, 0.15) is 13.8 Å². The minimum Gasteiger partial charge on any atom is -0.330 e. The summed E-state index contributed by atoms with van der Waals surface area (Å²) in [5, 5.41) is 0. The van der Waals surface area contributed by atoms with Gasteiger partial charge in [0.05, 0.1) is 46.7 Å². The summed E-state index contributed by atoms with van der Waals surface area (Å²) in [6, 6.07) is 0. The molecule has 0 spiro atoms. The molecule has 0 unspecified atom stereocenters. The minimum atomic E-state index is -2.90. The summed E-state index contributed by atoms with van der Waals surface area (Å²) >= 11 is 1.30. The number of quaternary nitrogens is 1. The molecule has 0 fully saturated rings. The molecule has 0 radical (unpaired) electrons. The van der Waals surface area contributed by atoms with Gasteiger partial charge < -0.3 is 13.5 Å². The van der Waals surface area contributed by atoms with Crippen LogP contribution in [-0.4, -0.2) is 51.1 Å². The van der Waals surface area contributed by atoms with Crippen molar-refractivity contribution in [1.82, 2.24) is 0 Å². The molecule has 0 saturated carbocycles. The van der Waals surface area contributed by atoms with Crippen LogP contribution in [0.15, 0.2) is 0 Å². The van der Waals surface area contributed by atoms with Crippen molar-refractivity contribution in [2.75, 3.05) is 46.7 Å². The highest BCUT2D eigenvalue weighted by Crippen LogP contribution is 2.60. The van der Waals surface area contributed by atoms with E-state index >= 15 is 0 Å². The van der Waals surface area contributed by atoms with Crippen LogP contribution in [0, 0.1) is 0 Å². The summed E-state index contributed by atoms with van der Waals surface area (Å²) in [5.74, 6) is 0.779. The SMILES string of the molecule is CCOP(=O)(OCC)SCC[N+](C)(C)C. The average molecular weight is 256 g/mol. The first-order valence-electron chi connectivity index (χ1n) is 5.17. The highest BCUT2D eigenvalue weighted by atomic mass is 32.7. The first-order valence-corrected chi connectivity index (χ1v) is 8.30. The van der Waals surface area contributed by atoms with Gasteiger partial charge >= 0.3 is 6.80 Å². The van der Waals surface area contributed by atoms with Crippen molar-refractivity contribution in [2.24, 2.45) is 0 Å². The van der Waals surface area contributed by atoms with E-state index < -0.39 is 6.80 Å². The number of hydrogen-bond donors (Lipinski definition) is 0. The predicted octanol–water partition coefficient (Wildman–Crippen LogP) is 2.61. The molecule has 0 N–H and O–H groups in total. The molecule has 0 amide bonds. The molecule has 0 aromatic carbocycles. The Kier molecular flexibility index (Phi) is 7.13. The molecule has 0 rings (SSSR count). The van der Waals surface area contributed by atoms with Gasteiger partial charge in [0.25, 0.3) is 0 Å². The molecule has 0 saturated heterocycles. The Hall–Kier alpha value is 0.460. The quantitative estimate of drug-likeness (QED) is 0.494. The van der Waals surface area contributed by atoms with Gasteiger partial charge in [0.2, 0.25) is 0 Å². The summed E-state index contributed by atoms with van der Waals surface area (Å²) in [5.41, 5.74) is 0. The van der Waals surface area contributed by atoms with E-state index in [4.69, 9.17) is 9.05 Å². The third-order valence-corrected chi connectivity index (χ3v) is 5.55. The van der Waals surface area contributed by atoms with Gasteiger partial charge in [-0.1, -0.05) is 0 Å². The van der Waals surface area contributed by atoms with Crippen LogP contribution in [0.5, 0.6) is 0 Å². The van der Waals surface area contributed by atoms with E-state index in [2.05, 4.69) is 21.1 Å². The summed E-state index contributed by atoms with van der Waals surface area (Å²) in [7, 11) is 6.31. The topological polar surface area (TPSA) is 35.5 Å². The van der Waals surface area contributed by atoms with Gasteiger partial charge in [0, 0.05) is 0 Å². The molecule has 6 heteroatoms. The van der Waals surface area contributed by atoms with Gasteiger partial charge in [0.1, 0.15) is 0 Å². The zero-order chi connectivity index (χ0) is 11.9. The monoisotopic (exact) mass is 256 g/mol. The lowest BCUT2D eigenvalue weighted by Gasteiger charge is -2.24. The van der Waals surface area contributed by atoms with Crippen molar-refractivity contribution in [3.63, 3.8) is 0 Å². The van der Waals surface area contributed by atoms with Crippen LogP contribution in [-0.2, 0) is 13.6 Å². The predicted molar refractivity (Wildman–Crippen MR) is 66.2 cm³/mol.